The lowest BCUT2D eigenvalue weighted by Gasteiger charge is -2.32. The van der Waals surface area contributed by atoms with Crippen LogP contribution in [0.4, 0.5) is 14.9 Å². The van der Waals surface area contributed by atoms with Gasteiger partial charge in [0.25, 0.3) is 0 Å². The molecule has 1 fully saturated rings. The molecule has 0 radical (unpaired) electrons. The summed E-state index contributed by atoms with van der Waals surface area (Å²) in [5.41, 5.74) is 7.03. The molecule has 1 aliphatic heterocycles. The first-order valence-corrected chi connectivity index (χ1v) is 7.03. The van der Waals surface area contributed by atoms with E-state index in [0.29, 0.717) is 17.6 Å². The Morgan fingerprint density at radius 2 is 2.11 bits per heavy atom. The Balaban J connectivity index is 1.99. The van der Waals surface area contributed by atoms with Gasteiger partial charge in [-0.25, -0.2) is 9.18 Å². The summed E-state index contributed by atoms with van der Waals surface area (Å²) in [6.45, 7) is 3.22. The van der Waals surface area contributed by atoms with Crippen LogP contribution in [-0.2, 0) is 0 Å². The van der Waals surface area contributed by atoms with Gasteiger partial charge in [0.2, 0.25) is 0 Å². The Morgan fingerprint density at radius 1 is 1.47 bits per heavy atom. The van der Waals surface area contributed by atoms with Crippen LogP contribution in [0.1, 0.15) is 18.4 Å². The molecule has 6 heteroatoms. The molecule has 1 heterocycles. The van der Waals surface area contributed by atoms with Gasteiger partial charge in [-0.15, -0.1) is 0 Å². The smallest absolute Gasteiger partial charge is 0.314 e. The minimum Gasteiger partial charge on any atom is -0.382 e. The molecule has 2 rings (SSSR count). The van der Waals surface area contributed by atoms with Crippen LogP contribution in [0.3, 0.4) is 0 Å². The first kappa shape index (κ1) is 14.1. The van der Waals surface area contributed by atoms with Gasteiger partial charge in [0.05, 0.1) is 4.47 Å². The summed E-state index contributed by atoms with van der Waals surface area (Å²) in [5.74, 6) is -0.275. The van der Waals surface area contributed by atoms with E-state index in [1.807, 2.05) is 6.92 Å². The summed E-state index contributed by atoms with van der Waals surface area (Å²) in [7, 11) is 0. The number of rotatable bonds is 2. The summed E-state index contributed by atoms with van der Waals surface area (Å²) < 4.78 is 14.0. The lowest BCUT2D eigenvalue weighted by molar-refractivity contribution is 0.193. The Hall–Kier alpha value is -1.30. The highest BCUT2D eigenvalue weighted by Gasteiger charge is 2.21. The quantitative estimate of drug-likeness (QED) is 0.876. The van der Waals surface area contributed by atoms with E-state index < -0.39 is 0 Å². The van der Waals surface area contributed by atoms with Crippen molar-refractivity contribution < 1.29 is 9.18 Å². The standard InChI is InChI=1S/C13H17BrFN3O/c1-8-6-10(14)11(15)7-12(8)17-9-2-4-18(5-3-9)13(16)19/h6-7,9,17H,2-5H2,1H3,(H2,16,19). The molecule has 1 aliphatic rings. The molecule has 1 saturated heterocycles. The van der Waals surface area contributed by atoms with Crippen molar-refractivity contribution in [1.29, 1.82) is 0 Å². The lowest BCUT2D eigenvalue weighted by Crippen LogP contribution is -2.44. The molecule has 0 bridgehead atoms. The highest BCUT2D eigenvalue weighted by atomic mass is 79.9. The molecule has 3 N–H and O–H groups in total. The summed E-state index contributed by atoms with van der Waals surface area (Å²) in [6.07, 6.45) is 1.64. The third-order valence-corrected chi connectivity index (χ3v) is 4.04. The van der Waals surface area contributed by atoms with E-state index in [1.54, 1.807) is 11.0 Å². The number of anilines is 1. The molecular formula is C13H17BrFN3O. The highest BCUT2D eigenvalue weighted by Crippen LogP contribution is 2.26. The van der Waals surface area contributed by atoms with Crippen LogP contribution in [-0.4, -0.2) is 30.1 Å². The fraction of sp³-hybridized carbons (Fsp3) is 0.462. The molecule has 0 aromatic heterocycles. The predicted molar refractivity (Wildman–Crippen MR) is 76.6 cm³/mol. The maximum Gasteiger partial charge on any atom is 0.314 e. The number of benzene rings is 1. The van der Waals surface area contributed by atoms with Crippen LogP contribution < -0.4 is 11.1 Å². The average Bonchev–Trinajstić information content (AvgIpc) is 2.36. The van der Waals surface area contributed by atoms with E-state index in [2.05, 4.69) is 21.2 Å². The van der Waals surface area contributed by atoms with E-state index >= 15 is 0 Å². The SMILES string of the molecule is Cc1cc(Br)c(F)cc1NC1CCN(C(N)=O)CC1. The van der Waals surface area contributed by atoms with Gasteiger partial charge in [-0.05, 0) is 53.4 Å². The number of aryl methyl sites for hydroxylation is 1. The van der Waals surface area contributed by atoms with E-state index in [9.17, 15) is 9.18 Å². The Labute approximate surface area is 120 Å². The van der Waals surface area contributed by atoms with Crippen LogP contribution in [0.15, 0.2) is 16.6 Å². The van der Waals surface area contributed by atoms with Gasteiger partial charge >= 0.3 is 6.03 Å². The molecule has 1 aromatic rings. The van der Waals surface area contributed by atoms with Crippen molar-refractivity contribution in [2.75, 3.05) is 18.4 Å². The molecule has 0 spiro atoms. The van der Waals surface area contributed by atoms with Crippen LogP contribution >= 0.6 is 15.9 Å². The summed E-state index contributed by atoms with van der Waals surface area (Å²) in [5, 5.41) is 3.34. The summed E-state index contributed by atoms with van der Waals surface area (Å²) in [4.78, 5) is 12.7. The predicted octanol–water partition coefficient (Wildman–Crippen LogP) is 2.85. The number of nitrogens with one attached hydrogen (secondary N) is 1. The van der Waals surface area contributed by atoms with Crippen molar-refractivity contribution in [3.8, 4) is 0 Å². The maximum absolute atomic E-state index is 13.5. The van der Waals surface area contributed by atoms with Gasteiger partial charge in [-0.2, -0.15) is 0 Å². The zero-order chi connectivity index (χ0) is 14.0. The number of piperidine rings is 1. The number of urea groups is 1. The van der Waals surface area contributed by atoms with E-state index in [0.717, 1.165) is 24.1 Å². The normalized spacial score (nSPS) is 16.5. The molecular weight excluding hydrogens is 313 g/mol. The third kappa shape index (κ3) is 3.37. The van der Waals surface area contributed by atoms with Crippen molar-refractivity contribution in [3.05, 3.63) is 28.0 Å². The largest absolute Gasteiger partial charge is 0.382 e. The van der Waals surface area contributed by atoms with Crippen LogP contribution in [0.25, 0.3) is 0 Å². The van der Waals surface area contributed by atoms with Gasteiger partial charge in [0.1, 0.15) is 5.82 Å². The maximum atomic E-state index is 13.5. The highest BCUT2D eigenvalue weighted by molar-refractivity contribution is 9.10. The van der Waals surface area contributed by atoms with Crippen molar-refractivity contribution in [2.45, 2.75) is 25.8 Å². The summed E-state index contributed by atoms with van der Waals surface area (Å²) in [6, 6.07) is 3.13. The van der Waals surface area contributed by atoms with Crippen LogP contribution in [0.2, 0.25) is 0 Å². The number of hydrogen-bond acceptors (Lipinski definition) is 2. The third-order valence-electron chi connectivity index (χ3n) is 3.43. The molecule has 4 nitrogen and oxygen atoms in total. The number of likely N-dealkylation sites (tertiary alicyclic amines) is 1. The van der Waals surface area contributed by atoms with Crippen molar-refractivity contribution >= 4 is 27.6 Å². The summed E-state index contributed by atoms with van der Waals surface area (Å²) >= 11 is 3.17. The number of amides is 2. The number of carbonyl (C=O) groups is 1. The second kappa shape index (κ2) is 5.77. The molecule has 1 aromatic carbocycles. The fourth-order valence-electron chi connectivity index (χ4n) is 2.27. The number of nitrogens with zero attached hydrogens (tertiary/aromatic N) is 1. The van der Waals surface area contributed by atoms with E-state index in [4.69, 9.17) is 5.73 Å². The van der Waals surface area contributed by atoms with Gasteiger partial charge in [0, 0.05) is 24.8 Å². The second-order valence-electron chi connectivity index (χ2n) is 4.83. The molecule has 104 valence electrons. The van der Waals surface area contributed by atoms with Crippen molar-refractivity contribution in [2.24, 2.45) is 5.73 Å². The lowest BCUT2D eigenvalue weighted by atomic mass is 10.0. The van der Waals surface area contributed by atoms with Crippen molar-refractivity contribution in [3.63, 3.8) is 0 Å². The Morgan fingerprint density at radius 3 is 2.68 bits per heavy atom. The van der Waals surface area contributed by atoms with Crippen molar-refractivity contribution in [1.82, 2.24) is 4.90 Å². The molecule has 0 aliphatic carbocycles. The van der Waals surface area contributed by atoms with Gasteiger partial charge < -0.3 is 16.0 Å². The molecule has 0 atom stereocenters. The Kier molecular flexibility index (Phi) is 4.29. The minimum atomic E-state index is -0.371. The number of carbonyl (C=O) groups excluding carboxylic acids is 1. The molecule has 19 heavy (non-hydrogen) atoms. The first-order valence-electron chi connectivity index (χ1n) is 6.24. The first-order chi connectivity index (χ1) is 8.97. The average molecular weight is 330 g/mol. The zero-order valence-electron chi connectivity index (χ0n) is 10.7. The van der Waals surface area contributed by atoms with Crippen LogP contribution in [0, 0.1) is 12.7 Å². The topological polar surface area (TPSA) is 58.4 Å². The fourth-order valence-corrected chi connectivity index (χ4v) is 2.72. The number of halogens is 2. The second-order valence-corrected chi connectivity index (χ2v) is 5.68. The zero-order valence-corrected chi connectivity index (χ0v) is 12.3. The molecule has 0 unspecified atom stereocenters. The van der Waals surface area contributed by atoms with Gasteiger partial charge in [0.15, 0.2) is 0 Å². The molecule has 0 saturated carbocycles. The monoisotopic (exact) mass is 329 g/mol. The van der Waals surface area contributed by atoms with Gasteiger partial charge in [-0.1, -0.05) is 0 Å². The Bertz CT molecular complexity index is 487. The van der Waals surface area contributed by atoms with E-state index in [1.165, 1.54) is 6.07 Å². The van der Waals surface area contributed by atoms with Gasteiger partial charge in [-0.3, -0.25) is 0 Å². The minimum absolute atomic E-state index is 0.245. The van der Waals surface area contributed by atoms with E-state index in [-0.39, 0.29) is 17.9 Å². The number of hydrogen-bond donors (Lipinski definition) is 2. The van der Waals surface area contributed by atoms with Crippen LogP contribution in [0.5, 0.6) is 0 Å². The number of nitrogens with two attached hydrogens (primary N) is 1. The number of primary amides is 1. The molecule has 2 amide bonds.